The number of fused-ring (bicyclic) bond motifs is 2. The summed E-state index contributed by atoms with van der Waals surface area (Å²) in [5, 5.41) is 0. The molecule has 5 rings (SSSR count). The molecule has 0 fully saturated rings. The van der Waals surface area contributed by atoms with Crippen molar-refractivity contribution >= 4 is 41.8 Å². The minimum Gasteiger partial charge on any atom is -0.358 e. The average Bonchev–Trinajstić information content (AvgIpc) is 4.05. The Labute approximate surface area is 542 Å². The first-order chi connectivity index (χ1) is 25.3. The first kappa shape index (κ1) is 111. The molecule has 2 amide bonds. The number of carbonyl (C=O) groups is 2. The molecule has 2 atom stereocenters. The number of carbonyl (C=O) groups excluding carboxylic acids is 2. The van der Waals surface area contributed by atoms with Gasteiger partial charge in [0.2, 0.25) is 0 Å². The SMILES string of the molecule is C.C.C=C.CC.CC.CC.CC.CC.CC.CC#CCN(P)C(=O)c1ccc[nH]1.CC=C1CN(P)C(=O)c2cccn21.CCc1c[nH]c(=O)c2cccn12.[CH3-].[CH3-].[CH3-].[U].[U].[U].[Y].[Y].[Y]. The summed E-state index contributed by atoms with van der Waals surface area (Å²) in [7, 11) is 4.79. The van der Waals surface area contributed by atoms with Crippen LogP contribution in [0.25, 0.3) is 11.2 Å². The maximum Gasteiger partial charge on any atom is 0.274 e. The molecule has 1 aliphatic heterocycles. The van der Waals surface area contributed by atoms with E-state index >= 15 is 0 Å². The van der Waals surface area contributed by atoms with Gasteiger partial charge in [-0.1, -0.05) is 117 Å². The molecule has 9 nitrogen and oxygen atoms in total. The molecule has 355 valence electrons. The zero-order valence-electron chi connectivity index (χ0n) is 41.3. The quantitative estimate of drug-likeness (QED) is 0.0925. The van der Waals surface area contributed by atoms with Gasteiger partial charge in [0, 0.05) is 228 Å². The number of allylic oxidation sites excluding steroid dienone is 1. The first-order valence-electron chi connectivity index (χ1n) is 18.5. The van der Waals surface area contributed by atoms with Crippen LogP contribution >= 0.6 is 18.8 Å². The van der Waals surface area contributed by atoms with Gasteiger partial charge in [-0.2, -0.15) is 0 Å². The molecule has 0 aromatic carbocycles. The Balaban J connectivity index is -0.0000000305. The van der Waals surface area contributed by atoms with Gasteiger partial charge in [0.05, 0.1) is 13.1 Å². The van der Waals surface area contributed by atoms with Crippen LogP contribution < -0.4 is 5.56 Å². The third kappa shape index (κ3) is 45.3. The minimum atomic E-state index is -0.0715. The van der Waals surface area contributed by atoms with Crippen LogP contribution in [0.3, 0.4) is 0 Å². The number of hydrogen-bond acceptors (Lipinski definition) is 3. The average molecular weight is 1820 g/mol. The van der Waals surface area contributed by atoms with E-state index in [1.165, 1.54) is 4.67 Å². The van der Waals surface area contributed by atoms with Crippen molar-refractivity contribution < 1.29 is 201 Å². The van der Waals surface area contributed by atoms with Crippen molar-refractivity contribution in [1.82, 2.24) is 28.3 Å². The summed E-state index contributed by atoms with van der Waals surface area (Å²) in [5.41, 5.74) is 4.25. The third-order valence-electron chi connectivity index (χ3n) is 5.74. The van der Waals surface area contributed by atoms with Crippen LogP contribution in [0.4, 0.5) is 0 Å². The van der Waals surface area contributed by atoms with Gasteiger partial charge in [0.25, 0.3) is 17.4 Å². The molecule has 0 bridgehead atoms. The monoisotopic (exact) mass is 1820 g/mol. The summed E-state index contributed by atoms with van der Waals surface area (Å²) in [6, 6.07) is 10.9. The van der Waals surface area contributed by atoms with Gasteiger partial charge in [-0.15, -0.1) is 19.1 Å². The Bertz CT molecular complexity index is 1590. The maximum atomic E-state index is 11.6. The number of hydrogen-bond donors (Lipinski definition) is 2. The van der Waals surface area contributed by atoms with Crippen molar-refractivity contribution in [2.45, 2.75) is 125 Å². The maximum absolute atomic E-state index is 11.6. The van der Waals surface area contributed by atoms with Crippen molar-refractivity contribution in [3.63, 3.8) is 0 Å². The Morgan fingerprint density at radius 2 is 1.27 bits per heavy atom. The number of H-pyrrole nitrogens is 2. The largest absolute Gasteiger partial charge is 0.358 e. The van der Waals surface area contributed by atoms with Crippen molar-refractivity contribution in [3.05, 3.63) is 130 Å². The van der Waals surface area contributed by atoms with Crippen LogP contribution in [0.15, 0.2) is 85.2 Å². The molecule has 2 unspecified atom stereocenters. The van der Waals surface area contributed by atoms with E-state index in [0.29, 0.717) is 24.3 Å². The Hall–Kier alpha value is 2.36. The van der Waals surface area contributed by atoms with Crippen LogP contribution in [-0.4, -0.2) is 53.2 Å². The van der Waals surface area contributed by atoms with Crippen LogP contribution in [0.2, 0.25) is 0 Å². The zero-order valence-corrected chi connectivity index (χ0v) is 64.6. The van der Waals surface area contributed by atoms with Gasteiger partial charge in [-0.05, 0) is 75.4 Å². The number of aryl methyl sites for hydroxylation is 1. The van der Waals surface area contributed by atoms with E-state index in [1.807, 2.05) is 142 Å². The number of nitrogens with zero attached hydrogens (tertiary/aromatic N) is 4. The van der Waals surface area contributed by atoms with E-state index in [4.69, 9.17) is 0 Å². The summed E-state index contributed by atoms with van der Waals surface area (Å²) < 4.78 is 6.98. The fourth-order valence-electron chi connectivity index (χ4n) is 3.74. The van der Waals surface area contributed by atoms with E-state index in [2.05, 4.69) is 60.7 Å². The predicted octanol–water partition coefficient (Wildman–Crippen LogP) is 13.6. The van der Waals surface area contributed by atoms with E-state index < -0.39 is 0 Å². The summed E-state index contributed by atoms with van der Waals surface area (Å²) in [4.78, 5) is 39.9. The fraction of sp³-hybridized carbons (Fsp3) is 0.435. The van der Waals surface area contributed by atoms with E-state index in [0.717, 1.165) is 23.5 Å². The zero-order chi connectivity index (χ0) is 41.7. The fourth-order valence-corrected chi connectivity index (χ4v) is 4.29. The summed E-state index contributed by atoms with van der Waals surface area (Å²) in [5.74, 6) is 5.53. The molecule has 4 aromatic heterocycles. The molecule has 2 N–H and O–H groups in total. The molecule has 4 aromatic rings. The smallest absolute Gasteiger partial charge is 0.274 e. The second-order valence-corrected chi connectivity index (χ2v) is 9.39. The van der Waals surface area contributed by atoms with Crippen LogP contribution in [0, 0.1) is 127 Å². The normalized spacial score (nSPS) is 8.49. The van der Waals surface area contributed by atoms with Crippen molar-refractivity contribution in [2.24, 2.45) is 0 Å². The second-order valence-electron chi connectivity index (χ2n) is 8.15. The Kier molecular flexibility index (Phi) is 143. The van der Waals surface area contributed by atoms with Gasteiger partial charge in [-0.25, -0.2) is 0 Å². The summed E-state index contributed by atoms with van der Waals surface area (Å²) in [6.07, 6.45) is 10.2. The summed E-state index contributed by atoms with van der Waals surface area (Å²) >= 11 is 0. The van der Waals surface area contributed by atoms with E-state index in [-0.39, 0.29) is 246 Å². The molecule has 0 saturated heterocycles. The van der Waals surface area contributed by atoms with Gasteiger partial charge >= 0.3 is 0 Å². The standard InChI is InChI=1S/2C9H11N2OP.C9H10N2O.6C2H6.C2H4.2CH4.3CH3.3U.3Y/c1-2-7-6-11(13)9(12)8-4-3-5-10(7)8;1-2-3-7-11(13)9(12)8-5-4-6-10-8;1-2-7-6-10-9(12)8-4-3-5-11(7)8;7*1-2;;;;;;;;;;;/h2-5H,6,13H2,1H3;4-6,10H,7,13H2,1H3;3-6H,2H2,1H3,(H,10,12);6*1-2H3;1-2H2;2*1H4;3*1H3;;;;;;/q;;;;;;;;;;;;3*-1;;;;;;. The van der Waals surface area contributed by atoms with Gasteiger partial charge in [0.1, 0.15) is 16.9 Å². The van der Waals surface area contributed by atoms with Crippen molar-refractivity contribution in [3.8, 4) is 11.8 Å². The number of aromatic amines is 2. The van der Waals surface area contributed by atoms with Gasteiger partial charge in [-0.3, -0.25) is 14.4 Å². The number of rotatable bonds is 3. The number of nitrogens with one attached hydrogen (secondary N) is 2. The van der Waals surface area contributed by atoms with Crippen LogP contribution in [-0.2, 0) is 105 Å². The first-order valence-corrected chi connectivity index (χ1v) is 19.5. The molecule has 0 spiro atoms. The molecule has 0 saturated carbocycles. The molecule has 1 aliphatic rings. The molecule has 3 radical (unpaired) electrons. The van der Waals surface area contributed by atoms with Crippen molar-refractivity contribution in [1.29, 1.82) is 0 Å². The van der Waals surface area contributed by atoms with Crippen LogP contribution in [0.1, 0.15) is 145 Å². The molecular formula is C46H89N6O3P2U3Y3-3. The van der Waals surface area contributed by atoms with Gasteiger partial charge in [0.15, 0.2) is 0 Å². The second kappa shape index (κ2) is 81.3. The van der Waals surface area contributed by atoms with Crippen LogP contribution in [0.5, 0.6) is 0 Å². The molecule has 0 aliphatic carbocycles. The molecule has 17 heteroatoms. The van der Waals surface area contributed by atoms with Crippen molar-refractivity contribution in [2.75, 3.05) is 13.1 Å². The Morgan fingerprint density at radius 1 is 0.810 bits per heavy atom. The summed E-state index contributed by atoms with van der Waals surface area (Å²) in [6.45, 7) is 36.9. The van der Waals surface area contributed by atoms with E-state index in [9.17, 15) is 14.4 Å². The van der Waals surface area contributed by atoms with Gasteiger partial charge < -0.3 is 50.6 Å². The molecular weight excluding hydrogens is 1730 g/mol. The molecule has 63 heavy (non-hydrogen) atoms. The topological polar surface area (TPSA) is 98.6 Å². The number of aromatic nitrogens is 4. The minimum absolute atomic E-state index is 0. The molecule has 5 heterocycles. The number of amides is 2. The predicted molar refractivity (Wildman–Crippen MR) is 270 cm³/mol. The van der Waals surface area contributed by atoms with E-state index in [1.54, 1.807) is 36.1 Å². The third-order valence-corrected chi connectivity index (χ3v) is 6.58. The Morgan fingerprint density at radius 3 is 1.67 bits per heavy atom.